The molecule has 0 aliphatic heterocycles. The predicted molar refractivity (Wildman–Crippen MR) is 69.8 cm³/mol. The maximum Gasteiger partial charge on any atom is 0.111 e. The van der Waals surface area contributed by atoms with Crippen LogP contribution in [0.4, 0.5) is 0 Å². The third-order valence-electron chi connectivity index (χ3n) is 3.92. The smallest absolute Gasteiger partial charge is 0.111 e. The molecule has 3 atom stereocenters. The van der Waals surface area contributed by atoms with E-state index in [1.807, 2.05) is 0 Å². The quantitative estimate of drug-likeness (QED) is 0.564. The van der Waals surface area contributed by atoms with Crippen molar-refractivity contribution in [3.63, 3.8) is 0 Å². The molecule has 0 aromatic heterocycles. The molecule has 14 heavy (non-hydrogen) atoms. The second-order valence-electron chi connectivity index (χ2n) is 6.05. The van der Waals surface area contributed by atoms with Gasteiger partial charge in [-0.2, -0.15) is 0 Å². The first-order chi connectivity index (χ1) is 6.43. The molecule has 1 rings (SSSR count). The fourth-order valence-corrected chi connectivity index (χ4v) is 2.97. The van der Waals surface area contributed by atoms with E-state index < -0.39 is 0 Å². The first-order valence-corrected chi connectivity index (χ1v) is 6.10. The van der Waals surface area contributed by atoms with Crippen LogP contribution in [-0.2, 0) is 0 Å². The third-order valence-corrected chi connectivity index (χ3v) is 3.92. The van der Waals surface area contributed by atoms with Gasteiger partial charge in [-0.25, -0.2) is 0 Å². The molecule has 3 unspecified atom stereocenters. The Balaban J connectivity index is 2.71. The second-order valence-corrected chi connectivity index (χ2v) is 6.05. The summed E-state index contributed by atoms with van der Waals surface area (Å²) in [6, 6.07) is 0.762. The highest BCUT2D eigenvalue weighted by Gasteiger charge is 2.32. The summed E-state index contributed by atoms with van der Waals surface area (Å²) in [6.07, 6.45) is 7.05. The summed E-state index contributed by atoms with van der Waals surface area (Å²) in [6.45, 7) is 2.44. The zero-order valence-electron chi connectivity index (χ0n) is 10.6. The lowest BCUT2D eigenvalue weighted by atomic mass is 9.57. The van der Waals surface area contributed by atoms with E-state index in [9.17, 15) is 0 Å². The average molecular weight is 193 g/mol. The lowest BCUT2D eigenvalue weighted by Gasteiger charge is -2.42. The Morgan fingerprint density at radius 1 is 1.29 bits per heavy atom. The first-order valence-electron chi connectivity index (χ1n) is 6.10. The monoisotopic (exact) mass is 193 g/mol. The summed E-state index contributed by atoms with van der Waals surface area (Å²) in [5.74, 6) is 0.905. The molecule has 1 aliphatic carbocycles. The van der Waals surface area contributed by atoms with E-state index in [4.69, 9.17) is 0 Å². The van der Waals surface area contributed by atoms with Crippen molar-refractivity contribution in [2.75, 3.05) is 14.1 Å². The largest absolute Gasteiger partial charge is 0.307 e. The minimum atomic E-state index is 0.498. The Bertz CT molecular complexity index is 180. The fraction of sp³-hybridized carbons (Fsp3) is 1.00. The molecular weight excluding hydrogens is 168 g/mol. The van der Waals surface area contributed by atoms with Crippen LogP contribution in [0.3, 0.4) is 0 Å². The van der Waals surface area contributed by atoms with Gasteiger partial charge in [0, 0.05) is 6.04 Å². The highest BCUT2D eigenvalue weighted by Crippen LogP contribution is 2.41. The Kier molecular flexibility index (Phi) is 4.12. The molecule has 0 N–H and O–H groups in total. The standard InChI is InChI=1S/C11H25B2N/c1-11(13)7-5-4-6-9(12)8-10(11)14(2)3/h9-10H,4-8,12-13H2,1-3H3. The van der Waals surface area contributed by atoms with Crippen molar-refractivity contribution < 1.29 is 0 Å². The van der Waals surface area contributed by atoms with Gasteiger partial charge in [-0.3, -0.25) is 0 Å². The van der Waals surface area contributed by atoms with Crippen LogP contribution in [-0.4, -0.2) is 40.7 Å². The molecular formula is C11H25B2N. The summed E-state index contributed by atoms with van der Waals surface area (Å²) in [4.78, 5) is 2.43. The maximum absolute atomic E-state index is 2.44. The number of hydrogen-bond acceptors (Lipinski definition) is 1. The molecule has 0 amide bonds. The summed E-state index contributed by atoms with van der Waals surface area (Å²) in [5.41, 5.74) is 0. The molecule has 0 radical (unpaired) electrons. The van der Waals surface area contributed by atoms with Crippen molar-refractivity contribution >= 4 is 15.7 Å². The van der Waals surface area contributed by atoms with Gasteiger partial charge in [-0.15, -0.1) is 0 Å². The van der Waals surface area contributed by atoms with E-state index in [2.05, 4.69) is 41.6 Å². The normalized spacial score (nSPS) is 40.6. The van der Waals surface area contributed by atoms with Gasteiger partial charge in [0.15, 0.2) is 0 Å². The van der Waals surface area contributed by atoms with Crippen LogP contribution in [0.1, 0.15) is 39.0 Å². The van der Waals surface area contributed by atoms with Gasteiger partial charge < -0.3 is 4.90 Å². The van der Waals surface area contributed by atoms with Gasteiger partial charge in [-0.05, 0) is 25.8 Å². The zero-order valence-corrected chi connectivity index (χ0v) is 10.6. The van der Waals surface area contributed by atoms with E-state index in [0.29, 0.717) is 5.31 Å². The summed E-state index contributed by atoms with van der Waals surface area (Å²) < 4.78 is 0. The van der Waals surface area contributed by atoms with E-state index in [1.54, 1.807) is 0 Å². The van der Waals surface area contributed by atoms with Crippen LogP contribution >= 0.6 is 0 Å². The van der Waals surface area contributed by atoms with Gasteiger partial charge in [0.25, 0.3) is 0 Å². The fourth-order valence-electron chi connectivity index (χ4n) is 2.97. The number of rotatable bonds is 1. The summed E-state index contributed by atoms with van der Waals surface area (Å²) in [5, 5.41) is 0.498. The van der Waals surface area contributed by atoms with E-state index in [-0.39, 0.29) is 0 Å². The summed E-state index contributed by atoms with van der Waals surface area (Å²) >= 11 is 0. The van der Waals surface area contributed by atoms with Crippen LogP contribution in [0.25, 0.3) is 0 Å². The van der Waals surface area contributed by atoms with Crippen molar-refractivity contribution in [1.82, 2.24) is 4.90 Å². The van der Waals surface area contributed by atoms with Crippen molar-refractivity contribution in [2.45, 2.75) is 56.2 Å². The Hall–Kier alpha value is 0.0899. The molecule has 0 saturated heterocycles. The molecule has 0 aromatic rings. The molecule has 0 heterocycles. The first kappa shape index (κ1) is 12.2. The number of nitrogens with zero attached hydrogens (tertiary/aromatic N) is 1. The van der Waals surface area contributed by atoms with Crippen LogP contribution in [0.2, 0.25) is 11.1 Å². The summed E-state index contributed by atoms with van der Waals surface area (Å²) in [7, 11) is 9.33. The van der Waals surface area contributed by atoms with Crippen molar-refractivity contribution in [1.29, 1.82) is 0 Å². The van der Waals surface area contributed by atoms with Gasteiger partial charge in [-0.1, -0.05) is 38.4 Å². The molecule has 3 heteroatoms. The molecule has 0 bridgehead atoms. The minimum absolute atomic E-state index is 0.498. The average Bonchev–Trinajstić information content (AvgIpc) is 2.05. The van der Waals surface area contributed by atoms with Gasteiger partial charge in [0.1, 0.15) is 15.7 Å². The lowest BCUT2D eigenvalue weighted by Crippen LogP contribution is -2.40. The van der Waals surface area contributed by atoms with E-state index in [1.165, 1.54) is 32.1 Å². The third kappa shape index (κ3) is 3.05. The number of hydrogen-bond donors (Lipinski definition) is 0. The Morgan fingerprint density at radius 3 is 2.50 bits per heavy atom. The second kappa shape index (κ2) is 4.74. The van der Waals surface area contributed by atoms with Crippen molar-refractivity contribution in [3.8, 4) is 0 Å². The molecule has 0 aromatic carbocycles. The highest BCUT2D eigenvalue weighted by atomic mass is 15.1. The van der Waals surface area contributed by atoms with Crippen molar-refractivity contribution in [2.24, 2.45) is 0 Å². The van der Waals surface area contributed by atoms with Gasteiger partial charge >= 0.3 is 0 Å². The molecule has 80 valence electrons. The van der Waals surface area contributed by atoms with Crippen molar-refractivity contribution in [3.05, 3.63) is 0 Å². The lowest BCUT2D eigenvalue weighted by molar-refractivity contribution is 0.195. The molecule has 0 spiro atoms. The Morgan fingerprint density at radius 2 is 1.93 bits per heavy atom. The van der Waals surface area contributed by atoms with Crippen LogP contribution < -0.4 is 0 Å². The van der Waals surface area contributed by atoms with E-state index >= 15 is 0 Å². The predicted octanol–water partition coefficient (Wildman–Crippen LogP) is 1.11. The van der Waals surface area contributed by atoms with Crippen LogP contribution in [0, 0.1) is 0 Å². The minimum Gasteiger partial charge on any atom is -0.307 e. The topological polar surface area (TPSA) is 3.24 Å². The molecule has 1 aliphatic rings. The Labute approximate surface area is 91.4 Å². The molecule has 1 nitrogen and oxygen atoms in total. The highest BCUT2D eigenvalue weighted by molar-refractivity contribution is 6.16. The maximum atomic E-state index is 2.44. The molecule has 1 saturated carbocycles. The van der Waals surface area contributed by atoms with Crippen LogP contribution in [0.5, 0.6) is 0 Å². The zero-order chi connectivity index (χ0) is 10.8. The molecule has 1 fully saturated rings. The van der Waals surface area contributed by atoms with E-state index in [0.717, 1.165) is 11.9 Å². The SMILES string of the molecule is BC1CCCCC(B)(C)C(N(C)C)C1. The van der Waals surface area contributed by atoms with Gasteiger partial charge in [0.2, 0.25) is 0 Å². The van der Waals surface area contributed by atoms with Gasteiger partial charge in [0.05, 0.1) is 0 Å². The van der Waals surface area contributed by atoms with Crippen LogP contribution in [0.15, 0.2) is 0 Å².